The largest absolute Gasteiger partial charge is 0.497 e. The van der Waals surface area contributed by atoms with Gasteiger partial charge in [0, 0.05) is 11.8 Å². The molecule has 0 radical (unpaired) electrons. The molecule has 0 bridgehead atoms. The van der Waals surface area contributed by atoms with Crippen LogP contribution in [0, 0.1) is 0 Å². The molecule has 0 saturated carbocycles. The average molecular weight is 219 g/mol. The summed E-state index contributed by atoms with van der Waals surface area (Å²) in [7, 11) is 1.60. The van der Waals surface area contributed by atoms with E-state index in [9.17, 15) is 4.79 Å². The van der Waals surface area contributed by atoms with Crippen molar-refractivity contribution in [3.05, 3.63) is 47.0 Å². The molecular formula is C11H9NO2S. The fourth-order valence-electron chi connectivity index (χ4n) is 1.22. The number of methoxy groups -OCH3 is 1. The number of aromatic nitrogens is 1. The second-order valence-corrected chi connectivity index (χ2v) is 3.77. The topological polar surface area (TPSA) is 39.2 Å². The first-order chi connectivity index (χ1) is 7.31. The Bertz CT molecular complexity index is 448. The predicted octanol–water partition coefficient (Wildman–Crippen LogP) is 2.38. The fraction of sp³-hybridized carbons (Fsp3) is 0.0909. The summed E-state index contributed by atoms with van der Waals surface area (Å²) in [5.74, 6) is 0.746. The maximum absolute atomic E-state index is 11.8. The molecule has 2 aromatic rings. The van der Waals surface area contributed by atoms with Gasteiger partial charge in [-0.05, 0) is 41.9 Å². The molecule has 2 rings (SSSR count). The van der Waals surface area contributed by atoms with E-state index in [2.05, 4.69) is 4.37 Å². The fourth-order valence-corrected chi connectivity index (χ4v) is 1.78. The second-order valence-electron chi connectivity index (χ2n) is 2.93. The van der Waals surface area contributed by atoms with Crippen LogP contribution < -0.4 is 4.74 Å². The lowest BCUT2D eigenvalue weighted by Crippen LogP contribution is -1.97. The molecule has 15 heavy (non-hydrogen) atoms. The van der Waals surface area contributed by atoms with Crippen molar-refractivity contribution in [2.45, 2.75) is 0 Å². The summed E-state index contributed by atoms with van der Waals surface area (Å²) < 4.78 is 8.92. The number of hydrogen-bond donors (Lipinski definition) is 0. The highest BCUT2D eigenvalue weighted by Gasteiger charge is 2.10. The summed E-state index contributed by atoms with van der Waals surface area (Å²) in [6.45, 7) is 0. The molecule has 76 valence electrons. The van der Waals surface area contributed by atoms with Crippen molar-refractivity contribution in [2.24, 2.45) is 0 Å². The molecule has 1 aromatic heterocycles. The minimum atomic E-state index is 0.000142. The third kappa shape index (κ3) is 2.05. The normalized spacial score (nSPS) is 9.93. The standard InChI is InChI=1S/C11H9NO2S/c1-14-9-4-2-8(3-5-9)11(13)10-6-7-12-15-10/h2-7H,1H3. The van der Waals surface area contributed by atoms with Crippen molar-refractivity contribution in [3.8, 4) is 5.75 Å². The molecule has 0 aliphatic carbocycles. The van der Waals surface area contributed by atoms with E-state index >= 15 is 0 Å². The minimum absolute atomic E-state index is 0.000142. The molecule has 0 aliphatic rings. The molecule has 4 heteroatoms. The van der Waals surface area contributed by atoms with E-state index in [1.807, 2.05) is 0 Å². The minimum Gasteiger partial charge on any atom is -0.497 e. The van der Waals surface area contributed by atoms with Gasteiger partial charge in [-0.1, -0.05) is 0 Å². The highest BCUT2D eigenvalue weighted by Crippen LogP contribution is 2.16. The van der Waals surface area contributed by atoms with Gasteiger partial charge in [0.05, 0.1) is 12.0 Å². The van der Waals surface area contributed by atoms with E-state index in [0.717, 1.165) is 5.75 Å². The first-order valence-corrected chi connectivity index (χ1v) is 5.18. The lowest BCUT2D eigenvalue weighted by atomic mass is 10.1. The summed E-state index contributed by atoms with van der Waals surface area (Å²) in [6.07, 6.45) is 1.63. The quantitative estimate of drug-likeness (QED) is 0.744. The highest BCUT2D eigenvalue weighted by atomic mass is 32.1. The van der Waals surface area contributed by atoms with Gasteiger partial charge in [-0.25, -0.2) is 4.37 Å². The Kier molecular flexibility index (Phi) is 2.78. The van der Waals surface area contributed by atoms with Crippen LogP contribution in [0.2, 0.25) is 0 Å². The summed E-state index contributed by atoms with van der Waals surface area (Å²) in [6, 6.07) is 8.77. The van der Waals surface area contributed by atoms with Crippen molar-refractivity contribution < 1.29 is 9.53 Å². The van der Waals surface area contributed by atoms with Crippen LogP contribution in [0.15, 0.2) is 36.5 Å². The number of carbonyl (C=O) groups excluding carboxylic acids is 1. The van der Waals surface area contributed by atoms with Crippen molar-refractivity contribution in [3.63, 3.8) is 0 Å². The van der Waals surface area contributed by atoms with E-state index < -0.39 is 0 Å². The van der Waals surface area contributed by atoms with Gasteiger partial charge < -0.3 is 4.74 Å². The van der Waals surface area contributed by atoms with Crippen molar-refractivity contribution in [1.29, 1.82) is 0 Å². The molecule has 0 spiro atoms. The Balaban J connectivity index is 2.27. The van der Waals surface area contributed by atoms with E-state index in [0.29, 0.717) is 10.4 Å². The summed E-state index contributed by atoms with van der Waals surface area (Å²) in [5, 5.41) is 0. The van der Waals surface area contributed by atoms with Gasteiger partial charge >= 0.3 is 0 Å². The number of benzene rings is 1. The molecule has 0 atom stereocenters. The van der Waals surface area contributed by atoms with Gasteiger partial charge in [0.1, 0.15) is 5.75 Å². The van der Waals surface area contributed by atoms with E-state index in [1.165, 1.54) is 11.5 Å². The van der Waals surface area contributed by atoms with Crippen LogP contribution in [0.5, 0.6) is 5.75 Å². The number of rotatable bonds is 3. The molecule has 0 amide bonds. The maximum atomic E-state index is 11.8. The molecular weight excluding hydrogens is 210 g/mol. The molecule has 0 N–H and O–H groups in total. The third-order valence-corrected chi connectivity index (χ3v) is 2.76. The number of ketones is 1. The van der Waals surface area contributed by atoms with Gasteiger partial charge in [-0.15, -0.1) is 0 Å². The Morgan fingerprint density at radius 3 is 2.53 bits per heavy atom. The summed E-state index contributed by atoms with van der Waals surface area (Å²) in [5.41, 5.74) is 0.653. The SMILES string of the molecule is COc1ccc(C(=O)c2ccns2)cc1. The molecule has 0 saturated heterocycles. The van der Waals surface area contributed by atoms with Crippen molar-refractivity contribution >= 4 is 17.3 Å². The number of nitrogens with zero attached hydrogens (tertiary/aromatic N) is 1. The van der Waals surface area contributed by atoms with Gasteiger partial charge in [-0.2, -0.15) is 0 Å². The van der Waals surface area contributed by atoms with Crippen LogP contribution >= 0.6 is 11.5 Å². The van der Waals surface area contributed by atoms with E-state index in [-0.39, 0.29) is 5.78 Å². The lowest BCUT2D eigenvalue weighted by molar-refractivity contribution is 0.104. The smallest absolute Gasteiger partial charge is 0.204 e. The molecule has 0 unspecified atom stereocenters. The Morgan fingerprint density at radius 1 is 1.27 bits per heavy atom. The zero-order valence-corrected chi connectivity index (χ0v) is 8.95. The molecule has 3 nitrogen and oxygen atoms in total. The Hall–Kier alpha value is -1.68. The average Bonchev–Trinajstić information content (AvgIpc) is 2.82. The van der Waals surface area contributed by atoms with Gasteiger partial charge in [0.2, 0.25) is 5.78 Å². The van der Waals surface area contributed by atoms with Crippen LogP contribution in [-0.2, 0) is 0 Å². The van der Waals surface area contributed by atoms with E-state index in [1.54, 1.807) is 43.6 Å². The summed E-state index contributed by atoms with van der Waals surface area (Å²) >= 11 is 1.21. The lowest BCUT2D eigenvalue weighted by Gasteiger charge is -2.00. The van der Waals surface area contributed by atoms with Crippen LogP contribution in [0.1, 0.15) is 15.2 Å². The zero-order chi connectivity index (χ0) is 10.7. The monoisotopic (exact) mass is 219 g/mol. The first kappa shape index (κ1) is 9.86. The number of ether oxygens (including phenoxy) is 1. The molecule has 0 aliphatic heterocycles. The molecule has 0 fully saturated rings. The van der Waals surface area contributed by atoms with Crippen LogP contribution in [-0.4, -0.2) is 17.3 Å². The van der Waals surface area contributed by atoms with Crippen molar-refractivity contribution in [1.82, 2.24) is 4.37 Å². The van der Waals surface area contributed by atoms with Crippen LogP contribution in [0.3, 0.4) is 0 Å². The van der Waals surface area contributed by atoms with Gasteiger partial charge in [0.15, 0.2) is 0 Å². The number of hydrogen-bond acceptors (Lipinski definition) is 4. The Morgan fingerprint density at radius 2 is 2.00 bits per heavy atom. The van der Waals surface area contributed by atoms with Crippen LogP contribution in [0.4, 0.5) is 0 Å². The molecule has 1 aromatic carbocycles. The maximum Gasteiger partial charge on any atom is 0.204 e. The number of carbonyl (C=O) groups is 1. The third-order valence-electron chi connectivity index (χ3n) is 2.01. The Labute approximate surface area is 91.5 Å². The second kappa shape index (κ2) is 4.23. The first-order valence-electron chi connectivity index (χ1n) is 4.40. The zero-order valence-electron chi connectivity index (χ0n) is 8.14. The van der Waals surface area contributed by atoms with Crippen LogP contribution in [0.25, 0.3) is 0 Å². The highest BCUT2D eigenvalue weighted by molar-refractivity contribution is 7.08. The van der Waals surface area contributed by atoms with Crippen molar-refractivity contribution in [2.75, 3.05) is 7.11 Å². The molecule has 1 heterocycles. The predicted molar refractivity (Wildman–Crippen MR) is 58.5 cm³/mol. The van der Waals surface area contributed by atoms with Gasteiger partial charge in [-0.3, -0.25) is 4.79 Å². The van der Waals surface area contributed by atoms with Gasteiger partial charge in [0.25, 0.3) is 0 Å². The summed E-state index contributed by atoms with van der Waals surface area (Å²) in [4.78, 5) is 12.5. The van der Waals surface area contributed by atoms with E-state index in [4.69, 9.17) is 4.74 Å².